The quantitative estimate of drug-likeness (QED) is 0.450. The number of pyridine rings is 1. The molecular formula is C30H39N7O7. The average Bonchev–Trinajstić information content (AvgIpc) is 3.54. The van der Waals surface area contributed by atoms with Crippen LogP contribution in [0.2, 0.25) is 0 Å². The lowest BCUT2D eigenvalue weighted by Gasteiger charge is -2.33. The standard InChI is InChI=1S/C30H39N7O7/c1-28(2,3)42-26(39)37(27(40)43-29(4,5)6)24-23-19(31-17-32-24)10-11-22(33-23)36-13-8-9-18(16-36)20-15-21(44-34-20)30(41)12-14-35(7)25(30)38/h10-11,15,17-18,41H,8-9,12-14,16H2,1-7H3/t18?,30-/m1/s1. The highest BCUT2D eigenvalue weighted by atomic mass is 16.6. The van der Waals surface area contributed by atoms with Gasteiger partial charge in [0.05, 0.1) is 11.2 Å². The Morgan fingerprint density at radius 1 is 1.07 bits per heavy atom. The van der Waals surface area contributed by atoms with Gasteiger partial charge in [-0.2, -0.15) is 4.90 Å². The van der Waals surface area contributed by atoms with Gasteiger partial charge in [0, 0.05) is 45.1 Å². The second-order valence-corrected chi connectivity index (χ2v) is 13.3. The first-order valence-corrected chi connectivity index (χ1v) is 14.6. The molecule has 0 saturated carbocycles. The number of hydrogen-bond donors (Lipinski definition) is 1. The molecule has 3 amide bonds. The van der Waals surface area contributed by atoms with E-state index in [1.165, 1.54) is 11.2 Å². The van der Waals surface area contributed by atoms with E-state index in [2.05, 4.69) is 20.0 Å². The van der Waals surface area contributed by atoms with E-state index in [1.807, 2.05) is 6.07 Å². The van der Waals surface area contributed by atoms with Crippen molar-refractivity contribution in [1.82, 2.24) is 25.0 Å². The van der Waals surface area contributed by atoms with Crippen molar-refractivity contribution in [3.8, 4) is 0 Å². The van der Waals surface area contributed by atoms with Crippen molar-refractivity contribution in [3.63, 3.8) is 0 Å². The number of carbonyl (C=O) groups excluding carboxylic acids is 3. The number of piperidine rings is 1. The summed E-state index contributed by atoms with van der Waals surface area (Å²) in [5, 5.41) is 15.2. The maximum atomic E-state index is 13.3. The summed E-state index contributed by atoms with van der Waals surface area (Å²) in [5.74, 6) is 0.212. The van der Waals surface area contributed by atoms with Crippen LogP contribution in [0.15, 0.2) is 29.0 Å². The van der Waals surface area contributed by atoms with Crippen LogP contribution in [0.3, 0.4) is 0 Å². The second-order valence-electron chi connectivity index (χ2n) is 13.3. The molecule has 2 fully saturated rings. The summed E-state index contributed by atoms with van der Waals surface area (Å²) in [6, 6.07) is 5.24. The van der Waals surface area contributed by atoms with E-state index in [4.69, 9.17) is 19.0 Å². The summed E-state index contributed by atoms with van der Waals surface area (Å²) in [5.41, 5.74) is -2.20. The summed E-state index contributed by atoms with van der Waals surface area (Å²) < 4.78 is 16.6. The van der Waals surface area contributed by atoms with Crippen LogP contribution in [0.4, 0.5) is 21.2 Å². The molecule has 0 aliphatic carbocycles. The molecule has 0 radical (unpaired) electrons. The summed E-state index contributed by atoms with van der Waals surface area (Å²) >= 11 is 0. The summed E-state index contributed by atoms with van der Waals surface area (Å²) in [6.45, 7) is 11.8. The molecule has 1 unspecified atom stereocenters. The van der Waals surface area contributed by atoms with Crippen molar-refractivity contribution in [1.29, 1.82) is 0 Å². The number of aromatic nitrogens is 4. The largest absolute Gasteiger partial charge is 0.443 e. The lowest BCUT2D eigenvalue weighted by atomic mass is 9.92. The van der Waals surface area contributed by atoms with Gasteiger partial charge in [0.1, 0.15) is 28.9 Å². The summed E-state index contributed by atoms with van der Waals surface area (Å²) in [6.07, 6.45) is 1.23. The van der Waals surface area contributed by atoms with Gasteiger partial charge in [-0.3, -0.25) is 4.79 Å². The molecule has 3 aromatic rings. The Hall–Kier alpha value is -4.33. The van der Waals surface area contributed by atoms with Crippen LogP contribution in [0.1, 0.15) is 78.2 Å². The minimum Gasteiger partial charge on any atom is -0.443 e. The maximum absolute atomic E-state index is 13.3. The zero-order valence-corrected chi connectivity index (χ0v) is 26.2. The lowest BCUT2D eigenvalue weighted by molar-refractivity contribution is -0.144. The van der Waals surface area contributed by atoms with Crippen LogP contribution in [0.5, 0.6) is 0 Å². The van der Waals surface area contributed by atoms with Crippen molar-refractivity contribution in [3.05, 3.63) is 36.0 Å². The molecule has 236 valence electrons. The molecule has 0 spiro atoms. The Balaban J connectivity index is 1.45. The highest BCUT2D eigenvalue weighted by Crippen LogP contribution is 2.36. The van der Waals surface area contributed by atoms with Crippen LogP contribution in [-0.2, 0) is 19.9 Å². The maximum Gasteiger partial charge on any atom is 0.425 e. The number of carbonyl (C=O) groups is 3. The molecule has 5 heterocycles. The molecule has 14 heteroatoms. The van der Waals surface area contributed by atoms with Crippen molar-refractivity contribution in [2.45, 2.75) is 83.5 Å². The van der Waals surface area contributed by atoms with E-state index in [1.54, 1.807) is 60.7 Å². The number of amides is 3. The normalized spacial score (nSPS) is 21.1. The number of fused-ring (bicyclic) bond motifs is 1. The number of anilines is 2. The number of likely N-dealkylation sites (N-methyl/N-ethyl adjacent to an activating group) is 1. The third kappa shape index (κ3) is 6.30. The van der Waals surface area contributed by atoms with Crippen LogP contribution in [0.25, 0.3) is 11.0 Å². The predicted octanol–water partition coefficient (Wildman–Crippen LogP) is 4.12. The first-order valence-electron chi connectivity index (χ1n) is 14.6. The van der Waals surface area contributed by atoms with Crippen LogP contribution < -0.4 is 9.80 Å². The van der Waals surface area contributed by atoms with Crippen molar-refractivity contribution in [2.24, 2.45) is 0 Å². The van der Waals surface area contributed by atoms with E-state index in [-0.39, 0.29) is 29.4 Å². The number of hydrogen-bond acceptors (Lipinski definition) is 12. The molecule has 2 atom stereocenters. The van der Waals surface area contributed by atoms with Crippen LogP contribution in [-0.4, -0.2) is 86.1 Å². The number of nitrogens with zero attached hydrogens (tertiary/aromatic N) is 7. The van der Waals surface area contributed by atoms with E-state index < -0.39 is 34.9 Å². The summed E-state index contributed by atoms with van der Waals surface area (Å²) in [4.78, 5) is 56.9. The van der Waals surface area contributed by atoms with Crippen LogP contribution >= 0.6 is 0 Å². The van der Waals surface area contributed by atoms with Gasteiger partial charge in [-0.25, -0.2) is 24.5 Å². The van der Waals surface area contributed by atoms with Crippen LogP contribution in [0, 0.1) is 0 Å². The van der Waals surface area contributed by atoms with Crippen molar-refractivity contribution >= 4 is 40.8 Å². The van der Waals surface area contributed by atoms with Crippen molar-refractivity contribution < 1.29 is 33.5 Å². The number of aliphatic hydroxyl groups is 1. The Kier molecular flexibility index (Phi) is 7.99. The lowest BCUT2D eigenvalue weighted by Crippen LogP contribution is -2.44. The molecule has 3 aromatic heterocycles. The number of ether oxygens (including phenoxy) is 2. The molecule has 2 aliphatic rings. The first kappa shape index (κ1) is 31.1. The minimum absolute atomic E-state index is 0.0527. The number of rotatable bonds is 4. The smallest absolute Gasteiger partial charge is 0.425 e. The third-order valence-electron chi connectivity index (χ3n) is 7.42. The topological polar surface area (TPSA) is 164 Å². The van der Waals surface area contributed by atoms with Gasteiger partial charge in [-0.05, 0) is 66.5 Å². The van der Waals surface area contributed by atoms with Gasteiger partial charge in [-0.1, -0.05) is 5.16 Å². The summed E-state index contributed by atoms with van der Waals surface area (Å²) in [7, 11) is 1.64. The fourth-order valence-electron chi connectivity index (χ4n) is 5.30. The minimum atomic E-state index is -1.71. The Morgan fingerprint density at radius 3 is 2.36 bits per heavy atom. The highest BCUT2D eigenvalue weighted by Gasteiger charge is 2.48. The number of imide groups is 1. The molecule has 0 bridgehead atoms. The van der Waals surface area contributed by atoms with Crippen molar-refractivity contribution in [2.75, 3.05) is 36.5 Å². The fourth-order valence-corrected chi connectivity index (χ4v) is 5.30. The first-order chi connectivity index (χ1) is 20.6. The second kappa shape index (κ2) is 11.3. The average molecular weight is 610 g/mol. The molecule has 0 aromatic carbocycles. The molecule has 44 heavy (non-hydrogen) atoms. The van der Waals surface area contributed by atoms with E-state index >= 15 is 0 Å². The Morgan fingerprint density at radius 2 is 1.75 bits per heavy atom. The Bertz CT molecular complexity index is 1550. The van der Waals surface area contributed by atoms with Gasteiger partial charge >= 0.3 is 12.2 Å². The molecule has 5 rings (SSSR count). The van der Waals surface area contributed by atoms with Gasteiger partial charge in [0.25, 0.3) is 5.91 Å². The molecular weight excluding hydrogens is 570 g/mol. The molecule has 1 N–H and O–H groups in total. The zero-order chi connectivity index (χ0) is 32.0. The highest BCUT2D eigenvalue weighted by molar-refractivity contribution is 6.12. The number of likely N-dealkylation sites (tertiary alicyclic amines) is 1. The SMILES string of the molecule is CN1CC[C@@](O)(c2cc(C3CCCN(c4ccc5ncnc(N(C(=O)OC(C)(C)C)C(=O)OC(C)(C)C)c5n4)C3)no2)C1=O. The zero-order valence-electron chi connectivity index (χ0n) is 26.2. The monoisotopic (exact) mass is 609 g/mol. The van der Waals surface area contributed by atoms with E-state index in [9.17, 15) is 19.5 Å². The molecule has 14 nitrogen and oxygen atoms in total. The van der Waals surface area contributed by atoms with Gasteiger partial charge < -0.3 is 28.9 Å². The van der Waals surface area contributed by atoms with Gasteiger partial charge in [-0.15, -0.1) is 0 Å². The molecule has 2 saturated heterocycles. The third-order valence-corrected chi connectivity index (χ3v) is 7.42. The van der Waals surface area contributed by atoms with Gasteiger partial charge in [0.2, 0.25) is 5.60 Å². The van der Waals surface area contributed by atoms with Gasteiger partial charge in [0.15, 0.2) is 11.6 Å². The fraction of sp³-hybridized carbons (Fsp3) is 0.567. The van der Waals surface area contributed by atoms with E-state index in [0.29, 0.717) is 36.7 Å². The Labute approximate surface area is 255 Å². The molecule has 2 aliphatic heterocycles. The predicted molar refractivity (Wildman–Crippen MR) is 159 cm³/mol. The van der Waals surface area contributed by atoms with E-state index in [0.717, 1.165) is 17.7 Å².